The lowest BCUT2D eigenvalue weighted by Crippen LogP contribution is -2.32. The molecule has 0 radical (unpaired) electrons. The van der Waals surface area contributed by atoms with Gasteiger partial charge in [0.05, 0.1) is 0 Å². The maximum absolute atomic E-state index is 10.6. The van der Waals surface area contributed by atoms with E-state index in [9.17, 15) is 8.42 Å². The number of rotatable bonds is 0. The zero-order valence-electron chi connectivity index (χ0n) is 4.42. The molecule has 1 rings (SSSR count). The minimum atomic E-state index is -2.77. The molecule has 46 valence electrons. The van der Waals surface area contributed by atoms with Crippen molar-refractivity contribution in [3.63, 3.8) is 0 Å². The monoisotopic (exact) mass is 134 g/mol. The summed E-state index contributed by atoms with van der Waals surface area (Å²) in [6.07, 6.45) is 0. The second-order valence-electron chi connectivity index (χ2n) is 1.74. The lowest BCUT2D eigenvalue weighted by Gasteiger charge is -2.02. The van der Waals surface area contributed by atoms with E-state index in [2.05, 4.69) is 5.32 Å². The van der Waals surface area contributed by atoms with E-state index in [1.54, 1.807) is 0 Å². The third kappa shape index (κ3) is 1.38. The van der Waals surface area contributed by atoms with E-state index in [1.165, 1.54) is 5.75 Å². The van der Waals surface area contributed by atoms with Crippen molar-refractivity contribution >= 4 is 9.84 Å². The lowest BCUT2D eigenvalue weighted by atomic mass is 10.6. The highest BCUT2D eigenvalue weighted by Crippen LogP contribution is 1.97. The van der Waals surface area contributed by atoms with E-state index >= 15 is 0 Å². The van der Waals surface area contributed by atoms with Crippen molar-refractivity contribution in [2.45, 2.75) is 0 Å². The molecule has 8 heavy (non-hydrogen) atoms. The molecule has 0 atom stereocenters. The van der Waals surface area contributed by atoms with Crippen molar-refractivity contribution in [3.8, 4) is 0 Å². The Morgan fingerprint density at radius 2 is 2.25 bits per heavy atom. The summed E-state index contributed by atoms with van der Waals surface area (Å²) in [6.45, 7) is 1.10. The van der Waals surface area contributed by atoms with Gasteiger partial charge in [-0.2, -0.15) is 8.42 Å². The summed E-state index contributed by atoms with van der Waals surface area (Å²) in [4.78, 5) is 0. The van der Waals surface area contributed by atoms with Gasteiger partial charge < -0.3 is 0 Å². The Labute approximate surface area is 49.0 Å². The van der Waals surface area contributed by atoms with E-state index < -0.39 is 9.84 Å². The van der Waals surface area contributed by atoms with Crippen LogP contribution in [0.1, 0.15) is 0 Å². The van der Waals surface area contributed by atoms with Crippen molar-refractivity contribution < 1.29 is 8.42 Å². The normalized spacial score (nSPS) is 26.5. The second kappa shape index (κ2) is 1.95. The van der Waals surface area contributed by atoms with Gasteiger partial charge in [0.1, 0.15) is 5.75 Å². The highest BCUT2D eigenvalue weighted by Gasteiger charge is 2.23. The highest BCUT2D eigenvalue weighted by molar-refractivity contribution is 7.93. The van der Waals surface area contributed by atoms with Crippen molar-refractivity contribution in [2.24, 2.45) is 0 Å². The summed E-state index contributed by atoms with van der Waals surface area (Å²) in [5, 5.41) is 2.91. The van der Waals surface area contributed by atoms with Crippen molar-refractivity contribution in [1.82, 2.24) is 5.32 Å². The van der Waals surface area contributed by atoms with E-state index in [-0.39, 0.29) is 5.75 Å². The number of sulfone groups is 1. The van der Waals surface area contributed by atoms with Crippen LogP contribution in [0, 0.1) is 5.75 Å². The SMILES string of the molecule is O=S1(=O)[CH+]CNCC1. The summed E-state index contributed by atoms with van der Waals surface area (Å²) in [7, 11) is -2.77. The molecule has 1 fully saturated rings. The molecule has 1 aliphatic heterocycles. The molecule has 3 nitrogen and oxygen atoms in total. The van der Waals surface area contributed by atoms with Gasteiger partial charge in [-0.15, -0.1) is 0 Å². The topological polar surface area (TPSA) is 46.2 Å². The van der Waals surface area contributed by atoms with Gasteiger partial charge in [-0.25, -0.2) is 0 Å². The summed E-state index contributed by atoms with van der Waals surface area (Å²) < 4.78 is 21.1. The van der Waals surface area contributed by atoms with Crippen molar-refractivity contribution in [1.29, 1.82) is 0 Å². The van der Waals surface area contributed by atoms with E-state index in [0.717, 1.165) is 0 Å². The molecule has 1 aliphatic rings. The average molecular weight is 134 g/mol. The Balaban J connectivity index is 2.58. The molecule has 4 heteroatoms. The summed E-state index contributed by atoms with van der Waals surface area (Å²) >= 11 is 0. The van der Waals surface area contributed by atoms with Crippen LogP contribution >= 0.6 is 0 Å². The van der Waals surface area contributed by atoms with Crippen molar-refractivity contribution in [3.05, 3.63) is 5.75 Å². The quantitative estimate of drug-likeness (QED) is 0.440. The van der Waals surface area contributed by atoms with Gasteiger partial charge in [0.2, 0.25) is 5.75 Å². The van der Waals surface area contributed by atoms with Gasteiger partial charge >= 0.3 is 0 Å². The average Bonchev–Trinajstić information content (AvgIpc) is 1.65. The molecular weight excluding hydrogens is 126 g/mol. The van der Waals surface area contributed by atoms with E-state index in [4.69, 9.17) is 0 Å². The zero-order chi connectivity index (χ0) is 6.04. The molecule has 1 saturated heterocycles. The third-order valence-corrected chi connectivity index (χ3v) is 2.49. The molecule has 0 amide bonds. The standard InChI is InChI=1S/C4H8NO2S/c6-8(7)3-1-5-2-4-8/h3,5H,1-2,4H2/q+1. The van der Waals surface area contributed by atoms with Crippen LogP contribution in [0.15, 0.2) is 0 Å². The van der Waals surface area contributed by atoms with E-state index in [0.29, 0.717) is 13.1 Å². The van der Waals surface area contributed by atoms with Gasteiger partial charge in [0.25, 0.3) is 9.84 Å². The molecule has 1 N–H and O–H groups in total. The maximum atomic E-state index is 10.6. The summed E-state index contributed by atoms with van der Waals surface area (Å²) in [5.74, 6) is 1.57. The summed E-state index contributed by atoms with van der Waals surface area (Å²) in [6, 6.07) is 0. The number of nitrogens with one attached hydrogen (secondary N) is 1. The first kappa shape index (κ1) is 5.91. The van der Waals surface area contributed by atoms with Crippen LogP contribution < -0.4 is 5.32 Å². The van der Waals surface area contributed by atoms with Crippen LogP contribution in [0.25, 0.3) is 0 Å². The lowest BCUT2D eigenvalue weighted by molar-refractivity contribution is 0.587. The Morgan fingerprint density at radius 1 is 1.50 bits per heavy atom. The minimum absolute atomic E-state index is 0.257. The van der Waals surface area contributed by atoms with Gasteiger partial charge in [-0.3, -0.25) is 5.32 Å². The molecule has 1 heterocycles. The third-order valence-electron chi connectivity index (χ3n) is 1.04. The fourth-order valence-corrected chi connectivity index (χ4v) is 1.55. The molecule has 0 aromatic rings. The van der Waals surface area contributed by atoms with Crippen molar-refractivity contribution in [2.75, 3.05) is 18.8 Å². The molecule has 0 spiro atoms. The fraction of sp³-hybridized carbons (Fsp3) is 0.750. The number of hydrogen-bond donors (Lipinski definition) is 1. The Kier molecular flexibility index (Phi) is 1.44. The number of hydrogen-bond acceptors (Lipinski definition) is 3. The summed E-state index contributed by atoms with van der Waals surface area (Å²) in [5.41, 5.74) is 0. The van der Waals surface area contributed by atoms with Crippen LogP contribution in [0.2, 0.25) is 0 Å². The van der Waals surface area contributed by atoms with Gasteiger partial charge in [-0.05, 0) is 0 Å². The fourth-order valence-electron chi connectivity index (χ4n) is 0.586. The molecule has 0 aromatic carbocycles. The first-order valence-electron chi connectivity index (χ1n) is 2.47. The van der Waals surface area contributed by atoms with Crippen LogP contribution in [-0.2, 0) is 9.84 Å². The highest BCUT2D eigenvalue weighted by atomic mass is 32.2. The smallest absolute Gasteiger partial charge is 0.277 e. The van der Waals surface area contributed by atoms with Crippen LogP contribution in [0.4, 0.5) is 0 Å². The Bertz CT molecular complexity index is 149. The predicted molar refractivity (Wildman–Crippen MR) is 31.0 cm³/mol. The molecule has 0 aromatic heterocycles. The first-order chi connectivity index (χ1) is 3.71. The van der Waals surface area contributed by atoms with Crippen LogP contribution in [-0.4, -0.2) is 27.3 Å². The van der Waals surface area contributed by atoms with Gasteiger partial charge in [0.15, 0.2) is 6.54 Å². The molecule has 0 saturated carbocycles. The molecule has 0 bridgehead atoms. The molecular formula is C4H8NO2S+. The first-order valence-corrected chi connectivity index (χ1v) is 4.19. The zero-order valence-corrected chi connectivity index (χ0v) is 5.24. The van der Waals surface area contributed by atoms with Gasteiger partial charge in [0, 0.05) is 6.54 Å². The Morgan fingerprint density at radius 3 is 2.50 bits per heavy atom. The Hall–Kier alpha value is -0.220. The maximum Gasteiger partial charge on any atom is 0.295 e. The minimum Gasteiger partial charge on any atom is -0.277 e. The molecule has 0 unspecified atom stereocenters. The van der Waals surface area contributed by atoms with Crippen LogP contribution in [0.5, 0.6) is 0 Å². The molecule has 0 aliphatic carbocycles. The second-order valence-corrected chi connectivity index (χ2v) is 3.81. The predicted octanol–water partition coefficient (Wildman–Crippen LogP) is -0.834. The van der Waals surface area contributed by atoms with Crippen LogP contribution in [0.3, 0.4) is 0 Å². The van der Waals surface area contributed by atoms with Gasteiger partial charge in [-0.1, -0.05) is 0 Å². The van der Waals surface area contributed by atoms with E-state index in [1.807, 2.05) is 0 Å². The largest absolute Gasteiger partial charge is 0.295 e.